The number of hydrogen-bond donors (Lipinski definition) is 1. The zero-order valence-corrected chi connectivity index (χ0v) is 11.3. The maximum atomic E-state index is 4.80. The molecule has 2 heteroatoms. The Bertz CT molecular complexity index is 448. The third kappa shape index (κ3) is 2.51. The van der Waals surface area contributed by atoms with Gasteiger partial charge in [0, 0.05) is 17.7 Å². The van der Waals surface area contributed by atoms with Gasteiger partial charge in [-0.2, -0.15) is 0 Å². The molecule has 17 heavy (non-hydrogen) atoms. The van der Waals surface area contributed by atoms with Crippen LogP contribution in [0.1, 0.15) is 45.6 Å². The Morgan fingerprint density at radius 1 is 1.35 bits per heavy atom. The zero-order chi connectivity index (χ0) is 12.5. The Morgan fingerprint density at radius 3 is 2.76 bits per heavy atom. The minimum atomic E-state index is 0.133. The minimum absolute atomic E-state index is 0.133. The number of rotatable bonds is 2. The van der Waals surface area contributed by atoms with Gasteiger partial charge in [-0.25, -0.2) is 0 Å². The van der Waals surface area contributed by atoms with Crippen molar-refractivity contribution in [3.05, 3.63) is 23.8 Å². The van der Waals surface area contributed by atoms with Gasteiger partial charge >= 0.3 is 0 Å². The fraction of sp³-hybridized carbons (Fsp3) is 0.533. The van der Waals surface area contributed by atoms with Gasteiger partial charge in [-0.15, -0.1) is 0 Å². The van der Waals surface area contributed by atoms with E-state index < -0.39 is 0 Å². The maximum Gasteiger partial charge on any atom is 0.0860 e. The van der Waals surface area contributed by atoms with Gasteiger partial charge in [0.15, 0.2) is 0 Å². The van der Waals surface area contributed by atoms with Gasteiger partial charge in [0.2, 0.25) is 0 Å². The first-order chi connectivity index (χ1) is 8.06. The van der Waals surface area contributed by atoms with E-state index in [4.69, 9.17) is 4.99 Å². The van der Waals surface area contributed by atoms with Crippen LogP contribution in [-0.2, 0) is 0 Å². The highest BCUT2D eigenvalue weighted by atomic mass is 15.0. The van der Waals surface area contributed by atoms with E-state index in [2.05, 4.69) is 51.2 Å². The molecule has 0 bridgehead atoms. The summed E-state index contributed by atoms with van der Waals surface area (Å²) in [5.74, 6) is 0. The number of fused-ring (bicyclic) bond motifs is 1. The van der Waals surface area contributed by atoms with Gasteiger partial charge in [-0.3, -0.25) is 4.99 Å². The lowest BCUT2D eigenvalue weighted by Gasteiger charge is -2.29. The van der Waals surface area contributed by atoms with Crippen molar-refractivity contribution >= 4 is 17.1 Å². The summed E-state index contributed by atoms with van der Waals surface area (Å²) < 4.78 is 0. The van der Waals surface area contributed by atoms with E-state index in [0.717, 1.165) is 24.9 Å². The van der Waals surface area contributed by atoms with E-state index >= 15 is 0 Å². The van der Waals surface area contributed by atoms with Gasteiger partial charge in [0.05, 0.1) is 11.4 Å². The molecule has 1 heterocycles. The summed E-state index contributed by atoms with van der Waals surface area (Å²) in [6, 6.07) is 6.45. The first-order valence-corrected chi connectivity index (χ1v) is 6.51. The van der Waals surface area contributed by atoms with Crippen molar-refractivity contribution in [1.82, 2.24) is 0 Å². The van der Waals surface area contributed by atoms with Crippen LogP contribution < -0.4 is 5.32 Å². The average Bonchev–Trinajstić information content (AvgIpc) is 2.45. The van der Waals surface area contributed by atoms with Crippen LogP contribution in [0.4, 0.5) is 11.4 Å². The fourth-order valence-corrected chi connectivity index (χ4v) is 2.29. The molecule has 1 aliphatic heterocycles. The number of nitrogens with zero attached hydrogens (tertiary/aromatic N) is 1. The SMILES string of the molecule is CCC1=Nc2ccc(C)cc2NC(C)(CC)C1. The molecule has 92 valence electrons. The molecule has 2 rings (SSSR count). The lowest BCUT2D eigenvalue weighted by atomic mass is 9.91. The largest absolute Gasteiger partial charge is 0.378 e. The molecule has 2 nitrogen and oxygen atoms in total. The van der Waals surface area contributed by atoms with Crippen LogP contribution in [-0.4, -0.2) is 11.3 Å². The second-order valence-corrected chi connectivity index (χ2v) is 5.27. The van der Waals surface area contributed by atoms with Crippen LogP contribution in [0, 0.1) is 6.92 Å². The second kappa shape index (κ2) is 4.52. The molecule has 1 aliphatic rings. The van der Waals surface area contributed by atoms with Gasteiger partial charge in [0.1, 0.15) is 0 Å². The molecule has 1 aromatic carbocycles. The Hall–Kier alpha value is -1.31. The molecule has 0 aliphatic carbocycles. The number of aryl methyl sites for hydroxylation is 1. The summed E-state index contributed by atoms with van der Waals surface area (Å²) in [4.78, 5) is 4.80. The Kier molecular flexibility index (Phi) is 3.23. The van der Waals surface area contributed by atoms with E-state index in [1.54, 1.807) is 0 Å². The highest BCUT2D eigenvalue weighted by Crippen LogP contribution is 2.35. The summed E-state index contributed by atoms with van der Waals surface area (Å²) in [5.41, 5.74) is 4.98. The topological polar surface area (TPSA) is 24.4 Å². The number of benzene rings is 1. The van der Waals surface area contributed by atoms with E-state index in [1.807, 2.05) is 0 Å². The third-order valence-corrected chi connectivity index (χ3v) is 3.65. The van der Waals surface area contributed by atoms with Gasteiger partial charge in [0.25, 0.3) is 0 Å². The van der Waals surface area contributed by atoms with Crippen molar-refractivity contribution in [3.63, 3.8) is 0 Å². The van der Waals surface area contributed by atoms with Crippen molar-refractivity contribution in [2.45, 2.75) is 52.5 Å². The van der Waals surface area contributed by atoms with Crippen LogP contribution in [0.5, 0.6) is 0 Å². The molecule has 1 unspecified atom stereocenters. The van der Waals surface area contributed by atoms with Crippen molar-refractivity contribution in [2.24, 2.45) is 4.99 Å². The van der Waals surface area contributed by atoms with Crippen molar-refractivity contribution in [3.8, 4) is 0 Å². The predicted molar refractivity (Wildman–Crippen MR) is 75.5 cm³/mol. The second-order valence-electron chi connectivity index (χ2n) is 5.27. The standard InChI is InChI=1S/C15H22N2/c1-5-12-10-15(4,6-2)17-14-9-11(3)7-8-13(14)16-12/h7-9,17H,5-6,10H2,1-4H3. The quantitative estimate of drug-likeness (QED) is 0.797. The molecule has 1 atom stereocenters. The van der Waals surface area contributed by atoms with Crippen molar-refractivity contribution < 1.29 is 0 Å². The summed E-state index contributed by atoms with van der Waals surface area (Å²) >= 11 is 0. The normalized spacial score (nSPS) is 23.4. The highest BCUT2D eigenvalue weighted by Gasteiger charge is 2.27. The van der Waals surface area contributed by atoms with Crippen LogP contribution in [0.2, 0.25) is 0 Å². The van der Waals surface area contributed by atoms with Gasteiger partial charge in [-0.1, -0.05) is 19.9 Å². The fourth-order valence-electron chi connectivity index (χ4n) is 2.29. The lowest BCUT2D eigenvalue weighted by molar-refractivity contribution is 0.514. The van der Waals surface area contributed by atoms with Crippen molar-refractivity contribution in [1.29, 1.82) is 0 Å². The van der Waals surface area contributed by atoms with Crippen LogP contribution >= 0.6 is 0 Å². The molecule has 0 fully saturated rings. The summed E-state index contributed by atoms with van der Waals surface area (Å²) in [6.45, 7) is 8.84. The first-order valence-electron chi connectivity index (χ1n) is 6.51. The maximum absolute atomic E-state index is 4.80. The number of aliphatic imine (C=N–C) groups is 1. The van der Waals surface area contributed by atoms with Crippen LogP contribution in [0.15, 0.2) is 23.2 Å². The molecule has 0 saturated carbocycles. The molecule has 0 spiro atoms. The van der Waals surface area contributed by atoms with E-state index in [-0.39, 0.29) is 5.54 Å². The Balaban J connectivity index is 2.49. The molecular weight excluding hydrogens is 208 g/mol. The smallest absolute Gasteiger partial charge is 0.0860 e. The van der Waals surface area contributed by atoms with Gasteiger partial charge < -0.3 is 5.32 Å². The molecule has 1 aromatic rings. The Labute approximate surface area is 104 Å². The molecule has 0 radical (unpaired) electrons. The average molecular weight is 230 g/mol. The van der Waals surface area contributed by atoms with Crippen molar-refractivity contribution in [2.75, 3.05) is 5.32 Å². The van der Waals surface area contributed by atoms with E-state index in [9.17, 15) is 0 Å². The summed E-state index contributed by atoms with van der Waals surface area (Å²) in [5, 5.41) is 3.68. The molecule has 0 amide bonds. The van der Waals surface area contributed by atoms with E-state index in [1.165, 1.54) is 17.0 Å². The summed E-state index contributed by atoms with van der Waals surface area (Å²) in [6.07, 6.45) is 3.18. The minimum Gasteiger partial charge on any atom is -0.378 e. The van der Waals surface area contributed by atoms with Crippen LogP contribution in [0.25, 0.3) is 0 Å². The van der Waals surface area contributed by atoms with E-state index in [0.29, 0.717) is 0 Å². The number of nitrogens with one attached hydrogen (secondary N) is 1. The monoisotopic (exact) mass is 230 g/mol. The number of hydrogen-bond acceptors (Lipinski definition) is 2. The predicted octanol–water partition coefficient (Wildman–Crippen LogP) is 4.46. The van der Waals surface area contributed by atoms with Gasteiger partial charge in [-0.05, 0) is 44.4 Å². The Morgan fingerprint density at radius 2 is 2.12 bits per heavy atom. The zero-order valence-electron chi connectivity index (χ0n) is 11.3. The molecular formula is C15H22N2. The number of anilines is 1. The van der Waals surface area contributed by atoms with Crippen LogP contribution in [0.3, 0.4) is 0 Å². The third-order valence-electron chi connectivity index (χ3n) is 3.65. The molecule has 0 saturated heterocycles. The lowest BCUT2D eigenvalue weighted by Crippen LogP contribution is -2.35. The first kappa shape index (κ1) is 12.2. The molecule has 0 aromatic heterocycles. The highest BCUT2D eigenvalue weighted by molar-refractivity contribution is 5.91. The summed E-state index contributed by atoms with van der Waals surface area (Å²) in [7, 11) is 0. The molecule has 1 N–H and O–H groups in total.